The number of carbonyl (C=O) groups is 1. The molecular weight excluding hydrogens is 387 g/mol. The molecule has 8 heteroatoms. The fraction of sp³-hybridized carbons (Fsp3) is 0.409. The molecule has 1 N–H and O–H groups in total. The van der Waals surface area contributed by atoms with Crippen LogP contribution in [0.25, 0.3) is 10.9 Å². The van der Waals surface area contributed by atoms with Gasteiger partial charge < -0.3 is 14.6 Å². The van der Waals surface area contributed by atoms with E-state index in [1.54, 1.807) is 23.1 Å². The highest BCUT2D eigenvalue weighted by Gasteiger charge is 2.34. The van der Waals surface area contributed by atoms with Gasteiger partial charge in [0, 0.05) is 49.5 Å². The van der Waals surface area contributed by atoms with Crippen molar-refractivity contribution < 1.29 is 13.9 Å². The standard InChI is InChI=1S/C22H25FN4O3/c1-3-30-9-8-27-13-14(4-7-20(27)28)22(29)25-16-10-15(11-16)21-17-12-24-26(2)19(17)6-5-18(21)23/h4-7,12-13,15-16H,3,8-11H2,1-2H3,(H,25,29). The van der Waals surface area contributed by atoms with E-state index in [1.807, 2.05) is 14.0 Å². The van der Waals surface area contributed by atoms with E-state index in [4.69, 9.17) is 4.74 Å². The van der Waals surface area contributed by atoms with Crippen molar-refractivity contribution in [1.82, 2.24) is 19.7 Å². The van der Waals surface area contributed by atoms with Gasteiger partial charge in [0.25, 0.3) is 11.5 Å². The van der Waals surface area contributed by atoms with Crippen molar-refractivity contribution in [3.8, 4) is 0 Å². The van der Waals surface area contributed by atoms with Crippen LogP contribution in [-0.2, 0) is 18.3 Å². The van der Waals surface area contributed by atoms with Gasteiger partial charge in [0.15, 0.2) is 0 Å². The van der Waals surface area contributed by atoms with Gasteiger partial charge in [-0.05, 0) is 43.9 Å². The smallest absolute Gasteiger partial charge is 0.252 e. The van der Waals surface area contributed by atoms with Gasteiger partial charge in [-0.3, -0.25) is 14.3 Å². The molecule has 0 bridgehead atoms. The first-order chi connectivity index (χ1) is 14.5. The number of amides is 1. The Balaban J connectivity index is 1.41. The number of ether oxygens (including phenoxy) is 1. The molecular formula is C22H25FN4O3. The molecule has 0 spiro atoms. The van der Waals surface area contributed by atoms with Crippen LogP contribution in [0, 0.1) is 5.82 Å². The van der Waals surface area contributed by atoms with Crippen molar-refractivity contribution in [1.29, 1.82) is 0 Å². The number of aromatic nitrogens is 3. The zero-order valence-electron chi connectivity index (χ0n) is 17.1. The van der Waals surface area contributed by atoms with E-state index in [1.165, 1.54) is 22.8 Å². The summed E-state index contributed by atoms with van der Waals surface area (Å²) in [5.74, 6) is -0.418. The predicted molar refractivity (Wildman–Crippen MR) is 111 cm³/mol. The lowest BCUT2D eigenvalue weighted by atomic mass is 9.74. The SMILES string of the molecule is CCOCCn1cc(C(=O)NC2CC(c3c(F)ccc4c3cnn4C)C2)ccc1=O. The summed E-state index contributed by atoms with van der Waals surface area (Å²) in [6, 6.07) is 6.11. The Morgan fingerprint density at radius 3 is 2.87 bits per heavy atom. The molecule has 1 fully saturated rings. The lowest BCUT2D eigenvalue weighted by Crippen LogP contribution is -2.43. The van der Waals surface area contributed by atoms with Crippen LogP contribution in [0.3, 0.4) is 0 Å². The average molecular weight is 412 g/mol. The minimum Gasteiger partial charge on any atom is -0.380 e. The van der Waals surface area contributed by atoms with Crippen LogP contribution in [0.2, 0.25) is 0 Å². The molecule has 0 saturated heterocycles. The van der Waals surface area contributed by atoms with Crippen LogP contribution in [0.15, 0.2) is 41.5 Å². The number of fused-ring (bicyclic) bond motifs is 1. The molecule has 1 saturated carbocycles. The molecule has 2 aromatic heterocycles. The first-order valence-corrected chi connectivity index (χ1v) is 10.2. The van der Waals surface area contributed by atoms with Crippen LogP contribution in [0.1, 0.15) is 41.6 Å². The normalized spacial score (nSPS) is 18.4. The van der Waals surface area contributed by atoms with Crippen molar-refractivity contribution >= 4 is 16.8 Å². The van der Waals surface area contributed by atoms with E-state index in [2.05, 4.69) is 10.4 Å². The highest BCUT2D eigenvalue weighted by Crippen LogP contribution is 2.41. The van der Waals surface area contributed by atoms with Crippen LogP contribution in [0.5, 0.6) is 0 Å². The van der Waals surface area contributed by atoms with Crippen LogP contribution < -0.4 is 10.9 Å². The molecule has 2 heterocycles. The summed E-state index contributed by atoms with van der Waals surface area (Å²) < 4.78 is 23.0. The first-order valence-electron chi connectivity index (χ1n) is 10.2. The number of nitrogens with zero attached hydrogens (tertiary/aromatic N) is 3. The number of hydrogen-bond acceptors (Lipinski definition) is 4. The molecule has 1 aromatic carbocycles. The molecule has 1 aliphatic rings. The second kappa shape index (κ2) is 8.39. The van der Waals surface area contributed by atoms with Crippen LogP contribution in [-0.4, -0.2) is 39.5 Å². The van der Waals surface area contributed by atoms with Crippen molar-refractivity contribution in [3.63, 3.8) is 0 Å². The third-order valence-corrected chi connectivity index (χ3v) is 5.73. The topological polar surface area (TPSA) is 78.2 Å². The van der Waals surface area contributed by atoms with Gasteiger partial charge in [0.05, 0.1) is 23.9 Å². The van der Waals surface area contributed by atoms with E-state index in [0.29, 0.717) is 43.7 Å². The van der Waals surface area contributed by atoms with Gasteiger partial charge >= 0.3 is 0 Å². The summed E-state index contributed by atoms with van der Waals surface area (Å²) in [7, 11) is 1.83. The van der Waals surface area contributed by atoms with Gasteiger partial charge in [-0.25, -0.2) is 4.39 Å². The average Bonchev–Trinajstić information content (AvgIpc) is 3.07. The second-order valence-electron chi connectivity index (χ2n) is 7.65. The fourth-order valence-corrected chi connectivity index (χ4v) is 4.03. The van der Waals surface area contributed by atoms with E-state index in [0.717, 1.165) is 10.9 Å². The number of aryl methyl sites for hydroxylation is 1. The lowest BCUT2D eigenvalue weighted by molar-refractivity contribution is 0.0907. The maximum Gasteiger partial charge on any atom is 0.252 e. The summed E-state index contributed by atoms with van der Waals surface area (Å²) in [4.78, 5) is 24.6. The van der Waals surface area contributed by atoms with Gasteiger partial charge in [0.2, 0.25) is 0 Å². The Bertz CT molecular complexity index is 1130. The maximum atomic E-state index is 14.5. The Morgan fingerprint density at radius 1 is 1.30 bits per heavy atom. The molecule has 30 heavy (non-hydrogen) atoms. The van der Waals surface area contributed by atoms with Crippen LogP contribution >= 0.6 is 0 Å². The minimum atomic E-state index is -0.233. The van der Waals surface area contributed by atoms with Crippen molar-refractivity contribution in [2.24, 2.45) is 7.05 Å². The zero-order chi connectivity index (χ0) is 21.3. The molecule has 0 unspecified atom stereocenters. The molecule has 0 aliphatic heterocycles. The fourth-order valence-electron chi connectivity index (χ4n) is 4.03. The quantitative estimate of drug-likeness (QED) is 0.605. The highest BCUT2D eigenvalue weighted by atomic mass is 19.1. The monoisotopic (exact) mass is 412 g/mol. The number of pyridine rings is 1. The largest absolute Gasteiger partial charge is 0.380 e. The van der Waals surface area contributed by atoms with Crippen LogP contribution in [0.4, 0.5) is 4.39 Å². The van der Waals surface area contributed by atoms with Gasteiger partial charge in [-0.15, -0.1) is 0 Å². The lowest BCUT2D eigenvalue weighted by Gasteiger charge is -2.36. The third kappa shape index (κ3) is 3.87. The molecule has 3 aromatic rings. The predicted octanol–water partition coefficient (Wildman–Crippen LogP) is 2.59. The molecule has 1 aliphatic carbocycles. The van der Waals surface area contributed by atoms with E-state index in [-0.39, 0.29) is 29.2 Å². The minimum absolute atomic E-state index is 0.0300. The summed E-state index contributed by atoms with van der Waals surface area (Å²) in [5.41, 5.74) is 1.83. The molecule has 158 valence electrons. The molecule has 0 atom stereocenters. The Labute approximate surface area is 173 Å². The maximum absolute atomic E-state index is 14.5. The molecule has 7 nitrogen and oxygen atoms in total. The van der Waals surface area contributed by atoms with E-state index >= 15 is 0 Å². The third-order valence-electron chi connectivity index (χ3n) is 5.73. The van der Waals surface area contributed by atoms with Gasteiger partial charge in [0.1, 0.15) is 5.82 Å². The summed E-state index contributed by atoms with van der Waals surface area (Å²) >= 11 is 0. The Morgan fingerprint density at radius 2 is 2.10 bits per heavy atom. The first kappa shape index (κ1) is 20.3. The van der Waals surface area contributed by atoms with Crippen molar-refractivity contribution in [2.45, 2.75) is 38.3 Å². The summed E-state index contributed by atoms with van der Waals surface area (Å²) in [5, 5.41) is 8.05. The summed E-state index contributed by atoms with van der Waals surface area (Å²) in [6.45, 7) is 3.27. The van der Waals surface area contributed by atoms with Gasteiger partial charge in [-0.1, -0.05) is 0 Å². The van der Waals surface area contributed by atoms with Gasteiger partial charge in [-0.2, -0.15) is 5.10 Å². The second-order valence-corrected chi connectivity index (χ2v) is 7.65. The number of carbonyl (C=O) groups excluding carboxylic acids is 1. The zero-order valence-corrected chi connectivity index (χ0v) is 17.1. The van der Waals surface area contributed by atoms with Crippen molar-refractivity contribution in [2.75, 3.05) is 13.2 Å². The highest BCUT2D eigenvalue weighted by molar-refractivity contribution is 5.94. The number of hydrogen-bond donors (Lipinski definition) is 1. The molecule has 4 rings (SSSR count). The number of halogens is 1. The number of nitrogens with one attached hydrogen (secondary N) is 1. The van der Waals surface area contributed by atoms with E-state index < -0.39 is 0 Å². The summed E-state index contributed by atoms with van der Waals surface area (Å²) in [6.07, 6.45) is 4.59. The number of rotatable bonds is 7. The number of benzene rings is 1. The van der Waals surface area contributed by atoms with Crippen molar-refractivity contribution in [3.05, 3.63) is 64.0 Å². The molecule has 1 amide bonds. The van der Waals surface area contributed by atoms with E-state index in [9.17, 15) is 14.0 Å². The Hall–Kier alpha value is -3.00. The Kier molecular flexibility index (Phi) is 5.67. The molecule has 0 radical (unpaired) electrons.